The van der Waals surface area contributed by atoms with E-state index in [2.05, 4.69) is 10.3 Å². The molecule has 2 heterocycles. The van der Waals surface area contributed by atoms with E-state index >= 15 is 0 Å². The van der Waals surface area contributed by atoms with Crippen molar-refractivity contribution in [3.63, 3.8) is 0 Å². The summed E-state index contributed by atoms with van der Waals surface area (Å²) in [5, 5.41) is 2.71. The molecule has 1 N–H and O–H groups in total. The summed E-state index contributed by atoms with van der Waals surface area (Å²) in [6.07, 6.45) is 2.54. The van der Waals surface area contributed by atoms with Gasteiger partial charge in [-0.25, -0.2) is 18.2 Å². The van der Waals surface area contributed by atoms with Crippen molar-refractivity contribution >= 4 is 21.7 Å². The standard InChI is InChI=1S/C20H26N4O5S/c1-23(2)20(25)22-15-4-9-19(21-14-15)29-17-10-12-24(13-11-17)30(26,27)18-7-5-16(28-3)6-8-18/h4-9,14,17H,10-13H2,1-3H3,(H,22,25). The molecule has 2 amide bonds. The van der Waals surface area contributed by atoms with Crippen LogP contribution in [0.4, 0.5) is 10.5 Å². The van der Waals surface area contributed by atoms with Crippen molar-refractivity contribution in [1.82, 2.24) is 14.2 Å². The third-order valence-electron chi connectivity index (χ3n) is 4.78. The van der Waals surface area contributed by atoms with E-state index in [9.17, 15) is 13.2 Å². The van der Waals surface area contributed by atoms with Crippen molar-refractivity contribution in [2.75, 3.05) is 39.6 Å². The van der Waals surface area contributed by atoms with Gasteiger partial charge in [0.2, 0.25) is 15.9 Å². The monoisotopic (exact) mass is 434 g/mol. The minimum absolute atomic E-state index is 0.123. The maximum Gasteiger partial charge on any atom is 0.321 e. The summed E-state index contributed by atoms with van der Waals surface area (Å²) >= 11 is 0. The lowest BCUT2D eigenvalue weighted by Gasteiger charge is -2.31. The molecule has 0 bridgehead atoms. The van der Waals surface area contributed by atoms with Gasteiger partial charge in [-0.15, -0.1) is 0 Å². The topological polar surface area (TPSA) is 101 Å². The maximum atomic E-state index is 12.8. The van der Waals surface area contributed by atoms with E-state index in [0.29, 0.717) is 43.2 Å². The highest BCUT2D eigenvalue weighted by atomic mass is 32.2. The molecule has 0 atom stereocenters. The van der Waals surface area contributed by atoms with Gasteiger partial charge in [-0.2, -0.15) is 4.31 Å². The van der Waals surface area contributed by atoms with Crippen LogP contribution in [0.2, 0.25) is 0 Å². The van der Waals surface area contributed by atoms with Gasteiger partial charge in [0.25, 0.3) is 0 Å². The Bertz CT molecular complexity index is 954. The molecule has 1 aliphatic rings. The molecular weight excluding hydrogens is 408 g/mol. The van der Waals surface area contributed by atoms with Crippen LogP contribution in [-0.4, -0.2) is 69.0 Å². The van der Waals surface area contributed by atoms with Crippen molar-refractivity contribution in [1.29, 1.82) is 0 Å². The number of piperidine rings is 1. The summed E-state index contributed by atoms with van der Waals surface area (Å²) in [7, 11) is 1.30. The average Bonchev–Trinajstić information content (AvgIpc) is 2.75. The highest BCUT2D eigenvalue weighted by molar-refractivity contribution is 7.89. The van der Waals surface area contributed by atoms with Crippen LogP contribution in [0.25, 0.3) is 0 Å². The van der Waals surface area contributed by atoms with Gasteiger partial charge in [0, 0.05) is 33.3 Å². The highest BCUT2D eigenvalue weighted by Gasteiger charge is 2.30. The predicted molar refractivity (Wildman–Crippen MR) is 112 cm³/mol. The summed E-state index contributed by atoms with van der Waals surface area (Å²) in [5.41, 5.74) is 0.571. The number of methoxy groups -OCH3 is 1. The number of amides is 2. The van der Waals surface area contributed by atoms with Crippen LogP contribution < -0.4 is 14.8 Å². The second-order valence-corrected chi connectivity index (χ2v) is 9.04. The van der Waals surface area contributed by atoms with Gasteiger partial charge in [0.1, 0.15) is 11.9 Å². The molecule has 0 aliphatic carbocycles. The number of nitrogens with one attached hydrogen (secondary N) is 1. The average molecular weight is 435 g/mol. The lowest BCUT2D eigenvalue weighted by molar-refractivity contribution is 0.130. The second kappa shape index (κ2) is 9.31. The molecule has 1 aromatic carbocycles. The molecule has 0 radical (unpaired) electrons. The van der Waals surface area contributed by atoms with Crippen molar-refractivity contribution in [3.8, 4) is 11.6 Å². The van der Waals surface area contributed by atoms with E-state index in [1.807, 2.05) is 0 Å². The number of carbonyl (C=O) groups is 1. The Kier molecular flexibility index (Phi) is 6.78. The summed E-state index contributed by atoms with van der Waals surface area (Å²) in [6.45, 7) is 0.742. The molecule has 162 valence electrons. The van der Waals surface area contributed by atoms with E-state index in [1.54, 1.807) is 50.5 Å². The first-order valence-electron chi connectivity index (χ1n) is 9.55. The Morgan fingerprint density at radius 2 is 1.80 bits per heavy atom. The Labute approximate surface area is 176 Å². The molecule has 3 rings (SSSR count). The highest BCUT2D eigenvalue weighted by Crippen LogP contribution is 2.24. The van der Waals surface area contributed by atoms with Crippen molar-refractivity contribution < 1.29 is 22.7 Å². The van der Waals surface area contributed by atoms with Gasteiger partial charge in [0.05, 0.1) is 23.9 Å². The summed E-state index contributed by atoms with van der Waals surface area (Å²) in [6, 6.07) is 9.54. The number of anilines is 1. The fourth-order valence-electron chi connectivity index (χ4n) is 3.02. The SMILES string of the molecule is COc1ccc(S(=O)(=O)N2CCC(Oc3ccc(NC(=O)N(C)C)cn3)CC2)cc1. The minimum Gasteiger partial charge on any atom is -0.497 e. The zero-order chi connectivity index (χ0) is 21.7. The van der Waals surface area contributed by atoms with E-state index in [0.717, 1.165) is 0 Å². The Balaban J connectivity index is 1.54. The molecule has 10 heteroatoms. The molecule has 1 aromatic heterocycles. The van der Waals surface area contributed by atoms with Crippen LogP contribution in [0.15, 0.2) is 47.5 Å². The number of hydrogen-bond donors (Lipinski definition) is 1. The number of aromatic nitrogens is 1. The van der Waals surface area contributed by atoms with Crippen LogP contribution in [0, 0.1) is 0 Å². The smallest absolute Gasteiger partial charge is 0.321 e. The first-order chi connectivity index (χ1) is 14.3. The molecule has 2 aromatic rings. The molecule has 0 unspecified atom stereocenters. The van der Waals surface area contributed by atoms with Crippen LogP contribution in [-0.2, 0) is 10.0 Å². The Hall–Kier alpha value is -2.85. The largest absolute Gasteiger partial charge is 0.497 e. The number of urea groups is 1. The molecule has 1 aliphatic heterocycles. The minimum atomic E-state index is -3.55. The lowest BCUT2D eigenvalue weighted by atomic mass is 10.1. The molecule has 1 fully saturated rings. The van der Waals surface area contributed by atoms with E-state index in [1.165, 1.54) is 22.5 Å². The fraction of sp³-hybridized carbons (Fsp3) is 0.400. The van der Waals surface area contributed by atoms with Crippen LogP contribution >= 0.6 is 0 Å². The third kappa shape index (κ3) is 5.19. The number of hydrogen-bond acceptors (Lipinski definition) is 6. The number of ether oxygens (including phenoxy) is 2. The number of benzene rings is 1. The first kappa shape index (κ1) is 21.8. The van der Waals surface area contributed by atoms with Crippen molar-refractivity contribution in [2.45, 2.75) is 23.8 Å². The van der Waals surface area contributed by atoms with E-state index in [4.69, 9.17) is 9.47 Å². The summed E-state index contributed by atoms with van der Waals surface area (Å²) in [5.74, 6) is 1.05. The van der Waals surface area contributed by atoms with Crippen molar-refractivity contribution in [2.24, 2.45) is 0 Å². The van der Waals surface area contributed by atoms with Gasteiger partial charge >= 0.3 is 6.03 Å². The van der Waals surface area contributed by atoms with E-state index < -0.39 is 10.0 Å². The number of rotatable bonds is 6. The maximum absolute atomic E-state index is 12.8. The fourth-order valence-corrected chi connectivity index (χ4v) is 4.49. The lowest BCUT2D eigenvalue weighted by Crippen LogP contribution is -2.41. The Morgan fingerprint density at radius 1 is 1.13 bits per heavy atom. The normalized spacial score (nSPS) is 15.4. The summed E-state index contributed by atoms with van der Waals surface area (Å²) in [4.78, 5) is 17.6. The Morgan fingerprint density at radius 3 is 2.33 bits per heavy atom. The van der Waals surface area contributed by atoms with Gasteiger partial charge in [-0.05, 0) is 43.2 Å². The van der Waals surface area contributed by atoms with Gasteiger partial charge in [-0.3, -0.25) is 0 Å². The molecule has 30 heavy (non-hydrogen) atoms. The quantitative estimate of drug-likeness (QED) is 0.749. The number of carbonyl (C=O) groups excluding carboxylic acids is 1. The molecule has 9 nitrogen and oxygen atoms in total. The van der Waals surface area contributed by atoms with Gasteiger partial charge < -0.3 is 19.7 Å². The number of sulfonamides is 1. The van der Waals surface area contributed by atoms with Crippen molar-refractivity contribution in [3.05, 3.63) is 42.6 Å². The van der Waals surface area contributed by atoms with E-state index in [-0.39, 0.29) is 17.0 Å². The summed E-state index contributed by atoms with van der Waals surface area (Å²) < 4.78 is 38.1. The zero-order valence-electron chi connectivity index (χ0n) is 17.2. The third-order valence-corrected chi connectivity index (χ3v) is 6.69. The molecular formula is C20H26N4O5S. The number of pyridine rings is 1. The molecule has 1 saturated heterocycles. The first-order valence-corrected chi connectivity index (χ1v) is 11.0. The second-order valence-electron chi connectivity index (χ2n) is 7.11. The molecule has 0 spiro atoms. The predicted octanol–water partition coefficient (Wildman–Crippen LogP) is 2.42. The van der Waals surface area contributed by atoms with Gasteiger partial charge in [-0.1, -0.05) is 0 Å². The van der Waals surface area contributed by atoms with Gasteiger partial charge in [0.15, 0.2) is 0 Å². The molecule has 0 saturated carbocycles. The van der Waals surface area contributed by atoms with Crippen LogP contribution in [0.5, 0.6) is 11.6 Å². The number of nitrogens with zero attached hydrogens (tertiary/aromatic N) is 3. The zero-order valence-corrected chi connectivity index (χ0v) is 18.1. The van der Waals surface area contributed by atoms with Crippen LogP contribution in [0.3, 0.4) is 0 Å². The van der Waals surface area contributed by atoms with Crippen LogP contribution in [0.1, 0.15) is 12.8 Å².